The number of ether oxygens (including phenoxy) is 1. The van der Waals surface area contributed by atoms with Crippen molar-refractivity contribution in [1.29, 1.82) is 0 Å². The van der Waals surface area contributed by atoms with Gasteiger partial charge in [-0.05, 0) is 18.2 Å². The molecule has 2 aromatic rings. The highest BCUT2D eigenvalue weighted by Crippen LogP contribution is 2.20. The van der Waals surface area contributed by atoms with Crippen LogP contribution in [0.2, 0.25) is 0 Å². The number of aryl methyl sites for hydroxylation is 1. The van der Waals surface area contributed by atoms with Gasteiger partial charge in [0.05, 0.1) is 0 Å². The molecule has 2 rings (SSSR count). The number of aromatic carboxylic acids is 1. The van der Waals surface area contributed by atoms with Crippen molar-refractivity contribution >= 4 is 5.97 Å². The minimum atomic E-state index is -1.27. The second kappa shape index (κ2) is 5.47. The topological polar surface area (TPSA) is 85.5 Å². The first-order valence-corrected chi connectivity index (χ1v) is 5.57. The third-order valence-corrected chi connectivity index (χ3v) is 2.35. The van der Waals surface area contributed by atoms with Gasteiger partial charge in [-0.3, -0.25) is 0 Å². The maximum atomic E-state index is 13.0. The Balaban J connectivity index is 2.12. The Hall–Kier alpha value is -2.44. The van der Waals surface area contributed by atoms with Crippen LogP contribution in [0.3, 0.4) is 0 Å². The summed E-state index contributed by atoms with van der Waals surface area (Å²) in [5.74, 6) is -1.09. The minimum Gasteiger partial charge on any atom is -0.483 e. The molecule has 0 aliphatic carbocycles. The van der Waals surface area contributed by atoms with Crippen molar-refractivity contribution in [3.8, 4) is 5.75 Å². The first-order valence-electron chi connectivity index (χ1n) is 5.57. The van der Waals surface area contributed by atoms with E-state index in [1.165, 1.54) is 6.07 Å². The highest BCUT2D eigenvalue weighted by Gasteiger charge is 2.14. The summed E-state index contributed by atoms with van der Waals surface area (Å²) in [5, 5.41) is 12.6. The summed E-state index contributed by atoms with van der Waals surface area (Å²) >= 11 is 0. The quantitative estimate of drug-likeness (QED) is 0.891. The monoisotopic (exact) mass is 266 g/mol. The summed E-state index contributed by atoms with van der Waals surface area (Å²) in [6.07, 6.45) is 0.625. The molecule has 6 nitrogen and oxygen atoms in total. The molecule has 19 heavy (non-hydrogen) atoms. The number of carboxylic acid groups (broad SMARTS) is 1. The predicted octanol–water partition coefficient (Wildman–Crippen LogP) is 2.05. The number of carboxylic acids is 1. The van der Waals surface area contributed by atoms with Gasteiger partial charge in [0.2, 0.25) is 0 Å². The van der Waals surface area contributed by atoms with Crippen molar-refractivity contribution < 1.29 is 23.6 Å². The van der Waals surface area contributed by atoms with Crippen LogP contribution in [0.25, 0.3) is 0 Å². The summed E-state index contributed by atoms with van der Waals surface area (Å²) in [7, 11) is 0. The zero-order valence-corrected chi connectivity index (χ0v) is 10.1. The van der Waals surface area contributed by atoms with Gasteiger partial charge in [-0.25, -0.2) is 9.18 Å². The highest BCUT2D eigenvalue weighted by atomic mass is 19.1. The normalized spacial score (nSPS) is 10.4. The number of aromatic nitrogens is 2. The molecule has 0 aliphatic heterocycles. The maximum Gasteiger partial charge on any atom is 0.339 e. The SMILES string of the molecule is CCc1noc(COc2ccc(F)cc2C(=O)O)n1. The highest BCUT2D eigenvalue weighted by molar-refractivity contribution is 5.90. The van der Waals surface area contributed by atoms with Crippen molar-refractivity contribution in [3.05, 3.63) is 41.3 Å². The van der Waals surface area contributed by atoms with E-state index in [2.05, 4.69) is 10.1 Å². The lowest BCUT2D eigenvalue weighted by Crippen LogP contribution is -2.04. The van der Waals surface area contributed by atoms with Crippen molar-refractivity contribution in [2.24, 2.45) is 0 Å². The zero-order valence-electron chi connectivity index (χ0n) is 10.1. The largest absolute Gasteiger partial charge is 0.483 e. The van der Waals surface area contributed by atoms with Crippen molar-refractivity contribution in [2.75, 3.05) is 0 Å². The van der Waals surface area contributed by atoms with E-state index in [1.54, 1.807) is 0 Å². The van der Waals surface area contributed by atoms with Crippen LogP contribution >= 0.6 is 0 Å². The summed E-state index contributed by atoms with van der Waals surface area (Å²) in [6.45, 7) is 1.80. The van der Waals surface area contributed by atoms with Crippen molar-refractivity contribution in [1.82, 2.24) is 10.1 Å². The zero-order chi connectivity index (χ0) is 13.8. The van der Waals surface area contributed by atoms with E-state index < -0.39 is 11.8 Å². The third-order valence-electron chi connectivity index (χ3n) is 2.35. The molecule has 0 amide bonds. The molecule has 1 aromatic carbocycles. The maximum absolute atomic E-state index is 13.0. The molecule has 7 heteroatoms. The fourth-order valence-electron chi connectivity index (χ4n) is 1.43. The predicted molar refractivity (Wildman–Crippen MR) is 61.4 cm³/mol. The molecule has 1 heterocycles. The van der Waals surface area contributed by atoms with E-state index >= 15 is 0 Å². The second-order valence-electron chi connectivity index (χ2n) is 3.69. The Kier molecular flexibility index (Phi) is 3.74. The van der Waals surface area contributed by atoms with Crippen LogP contribution in [0.4, 0.5) is 4.39 Å². The number of halogens is 1. The number of carbonyl (C=O) groups is 1. The Morgan fingerprint density at radius 2 is 2.32 bits per heavy atom. The lowest BCUT2D eigenvalue weighted by molar-refractivity contribution is 0.0690. The second-order valence-corrected chi connectivity index (χ2v) is 3.69. The summed E-state index contributed by atoms with van der Waals surface area (Å²) < 4.78 is 23.1. The van der Waals surface area contributed by atoms with E-state index in [0.717, 1.165) is 12.1 Å². The lowest BCUT2D eigenvalue weighted by atomic mass is 10.2. The van der Waals surface area contributed by atoms with Crippen LogP contribution in [0, 0.1) is 5.82 Å². The third kappa shape index (κ3) is 3.06. The Labute approximate surface area is 107 Å². The molecule has 0 aliphatic rings. The van der Waals surface area contributed by atoms with Gasteiger partial charge in [0, 0.05) is 6.42 Å². The van der Waals surface area contributed by atoms with Crippen LogP contribution < -0.4 is 4.74 Å². The van der Waals surface area contributed by atoms with Crippen molar-refractivity contribution in [3.63, 3.8) is 0 Å². The Morgan fingerprint density at radius 1 is 1.53 bits per heavy atom. The molecule has 0 spiro atoms. The average Bonchev–Trinajstić information content (AvgIpc) is 2.85. The van der Waals surface area contributed by atoms with Crippen LogP contribution in [0.15, 0.2) is 22.7 Å². The molecule has 0 radical (unpaired) electrons. The minimum absolute atomic E-state index is 0.0464. The van der Waals surface area contributed by atoms with E-state index in [-0.39, 0.29) is 23.8 Å². The smallest absolute Gasteiger partial charge is 0.339 e. The molecular formula is C12H11FN2O4. The van der Waals surface area contributed by atoms with Crippen LogP contribution in [-0.2, 0) is 13.0 Å². The van der Waals surface area contributed by atoms with Gasteiger partial charge in [0.25, 0.3) is 5.89 Å². The van der Waals surface area contributed by atoms with E-state index in [9.17, 15) is 9.18 Å². The van der Waals surface area contributed by atoms with Crippen LogP contribution in [-0.4, -0.2) is 21.2 Å². The number of nitrogens with zero attached hydrogens (tertiary/aromatic N) is 2. The van der Waals surface area contributed by atoms with Gasteiger partial charge in [0.15, 0.2) is 12.4 Å². The van der Waals surface area contributed by atoms with Gasteiger partial charge < -0.3 is 14.4 Å². The van der Waals surface area contributed by atoms with E-state index in [0.29, 0.717) is 12.2 Å². The molecule has 0 saturated carbocycles. The molecule has 0 bridgehead atoms. The molecule has 1 N–H and O–H groups in total. The van der Waals surface area contributed by atoms with E-state index in [1.807, 2.05) is 6.92 Å². The summed E-state index contributed by atoms with van der Waals surface area (Å²) in [4.78, 5) is 14.9. The summed E-state index contributed by atoms with van der Waals surface area (Å²) in [5.41, 5.74) is -0.254. The number of rotatable bonds is 5. The molecule has 0 unspecified atom stereocenters. The number of hydrogen-bond donors (Lipinski definition) is 1. The molecule has 0 fully saturated rings. The standard InChI is InChI=1S/C12H11FN2O4/c1-2-10-14-11(19-15-10)6-18-9-4-3-7(13)5-8(9)12(16)17/h3-5H,2,6H2,1H3,(H,16,17). The molecule has 0 saturated heterocycles. The molecule has 1 aromatic heterocycles. The van der Waals surface area contributed by atoms with Gasteiger partial charge in [-0.1, -0.05) is 12.1 Å². The first kappa shape index (κ1) is 13.0. The number of hydrogen-bond acceptors (Lipinski definition) is 5. The molecular weight excluding hydrogens is 255 g/mol. The van der Waals surface area contributed by atoms with Crippen LogP contribution in [0.5, 0.6) is 5.75 Å². The summed E-state index contributed by atoms with van der Waals surface area (Å²) in [6, 6.07) is 3.26. The van der Waals surface area contributed by atoms with Crippen LogP contribution in [0.1, 0.15) is 29.0 Å². The lowest BCUT2D eigenvalue weighted by Gasteiger charge is -2.06. The van der Waals surface area contributed by atoms with Gasteiger partial charge in [-0.2, -0.15) is 4.98 Å². The number of benzene rings is 1. The Bertz CT molecular complexity index is 597. The van der Waals surface area contributed by atoms with Gasteiger partial charge in [-0.15, -0.1) is 0 Å². The van der Waals surface area contributed by atoms with Crippen molar-refractivity contribution in [2.45, 2.75) is 20.0 Å². The fraction of sp³-hybridized carbons (Fsp3) is 0.250. The first-order chi connectivity index (χ1) is 9.10. The molecule has 100 valence electrons. The fourth-order valence-corrected chi connectivity index (χ4v) is 1.43. The average molecular weight is 266 g/mol. The van der Waals surface area contributed by atoms with Gasteiger partial charge in [0.1, 0.15) is 17.1 Å². The molecule has 0 atom stereocenters. The van der Waals surface area contributed by atoms with E-state index in [4.69, 9.17) is 14.4 Å². The van der Waals surface area contributed by atoms with Gasteiger partial charge >= 0.3 is 5.97 Å². The Morgan fingerprint density at radius 3 is 2.95 bits per heavy atom.